The third-order valence-corrected chi connectivity index (χ3v) is 5.42. The molecule has 1 fully saturated rings. The van der Waals surface area contributed by atoms with Crippen LogP contribution in [-0.2, 0) is 11.3 Å². The molecule has 0 bridgehead atoms. The van der Waals surface area contributed by atoms with Gasteiger partial charge in [-0.15, -0.1) is 0 Å². The molecule has 1 saturated heterocycles. The standard InChI is InChI=1S/C20H26N4O2/c1-14(2)24-9-8-23(12-15-5-3-4-6-18(15)24)20(25)17-11-21-22-19(17)16-7-10-26-13-16/h3-6,11,14,16H,7-10,12-13H2,1-2H3,(H,21,22)/t16-/m1/s1. The summed E-state index contributed by atoms with van der Waals surface area (Å²) in [6.45, 7) is 7.97. The molecule has 4 rings (SSSR count). The van der Waals surface area contributed by atoms with E-state index < -0.39 is 0 Å². The van der Waals surface area contributed by atoms with E-state index in [-0.39, 0.29) is 11.8 Å². The van der Waals surface area contributed by atoms with Crippen LogP contribution < -0.4 is 4.90 Å². The molecule has 6 heteroatoms. The third-order valence-electron chi connectivity index (χ3n) is 5.42. The molecule has 1 aromatic heterocycles. The van der Waals surface area contributed by atoms with E-state index in [2.05, 4.69) is 47.1 Å². The minimum atomic E-state index is 0.0565. The molecule has 2 aromatic rings. The highest BCUT2D eigenvalue weighted by molar-refractivity contribution is 5.95. The molecule has 0 saturated carbocycles. The van der Waals surface area contributed by atoms with Gasteiger partial charge in [0.1, 0.15) is 0 Å². The van der Waals surface area contributed by atoms with E-state index >= 15 is 0 Å². The van der Waals surface area contributed by atoms with Gasteiger partial charge in [0.15, 0.2) is 0 Å². The number of carbonyl (C=O) groups is 1. The Morgan fingerprint density at radius 2 is 2.15 bits per heavy atom. The molecular formula is C20H26N4O2. The first-order valence-corrected chi connectivity index (χ1v) is 9.40. The van der Waals surface area contributed by atoms with Crippen molar-refractivity contribution in [3.8, 4) is 0 Å². The highest BCUT2D eigenvalue weighted by Crippen LogP contribution is 2.30. The molecule has 0 radical (unpaired) electrons. The molecule has 138 valence electrons. The number of anilines is 1. The van der Waals surface area contributed by atoms with Crippen molar-refractivity contribution in [2.75, 3.05) is 31.2 Å². The highest BCUT2D eigenvalue weighted by atomic mass is 16.5. The van der Waals surface area contributed by atoms with Gasteiger partial charge < -0.3 is 14.5 Å². The number of rotatable bonds is 3. The van der Waals surface area contributed by atoms with Crippen molar-refractivity contribution in [3.63, 3.8) is 0 Å². The smallest absolute Gasteiger partial charge is 0.257 e. The largest absolute Gasteiger partial charge is 0.381 e. The number of para-hydroxylation sites is 1. The van der Waals surface area contributed by atoms with Crippen molar-refractivity contribution in [1.29, 1.82) is 0 Å². The summed E-state index contributed by atoms with van der Waals surface area (Å²) in [4.78, 5) is 17.6. The minimum absolute atomic E-state index is 0.0565. The number of hydrogen-bond acceptors (Lipinski definition) is 4. The van der Waals surface area contributed by atoms with Gasteiger partial charge in [-0.2, -0.15) is 5.10 Å². The number of ether oxygens (including phenoxy) is 1. The van der Waals surface area contributed by atoms with Gasteiger partial charge in [0.25, 0.3) is 5.91 Å². The lowest BCUT2D eigenvalue weighted by Gasteiger charge is -2.28. The first-order chi connectivity index (χ1) is 12.6. The van der Waals surface area contributed by atoms with Gasteiger partial charge in [-0.05, 0) is 31.9 Å². The molecule has 1 N–H and O–H groups in total. The minimum Gasteiger partial charge on any atom is -0.381 e. The normalized spacial score (nSPS) is 20.3. The van der Waals surface area contributed by atoms with Crippen LogP contribution in [0.15, 0.2) is 30.5 Å². The van der Waals surface area contributed by atoms with E-state index in [0.717, 1.165) is 25.3 Å². The van der Waals surface area contributed by atoms with E-state index in [1.165, 1.54) is 11.3 Å². The molecule has 6 nitrogen and oxygen atoms in total. The van der Waals surface area contributed by atoms with E-state index in [4.69, 9.17) is 4.74 Å². The second-order valence-electron chi connectivity index (χ2n) is 7.40. The third kappa shape index (κ3) is 3.09. The molecule has 0 aliphatic carbocycles. The molecule has 3 heterocycles. The van der Waals surface area contributed by atoms with Gasteiger partial charge in [-0.1, -0.05) is 18.2 Å². The van der Waals surface area contributed by atoms with E-state index in [1.807, 2.05) is 11.0 Å². The number of nitrogens with zero attached hydrogens (tertiary/aromatic N) is 3. The Morgan fingerprint density at radius 3 is 2.92 bits per heavy atom. The molecule has 1 atom stereocenters. The molecule has 1 amide bonds. The predicted molar refractivity (Wildman–Crippen MR) is 100 cm³/mol. The van der Waals surface area contributed by atoms with Gasteiger partial charge >= 0.3 is 0 Å². The summed E-state index contributed by atoms with van der Waals surface area (Å²) in [5, 5.41) is 7.20. The summed E-state index contributed by atoms with van der Waals surface area (Å²) in [6.07, 6.45) is 2.61. The fraction of sp³-hybridized carbons (Fsp3) is 0.500. The second kappa shape index (κ2) is 7.11. The summed E-state index contributed by atoms with van der Waals surface area (Å²) in [7, 11) is 0. The highest BCUT2D eigenvalue weighted by Gasteiger charge is 2.30. The number of aromatic nitrogens is 2. The molecule has 2 aliphatic heterocycles. The monoisotopic (exact) mass is 354 g/mol. The molecule has 1 aromatic carbocycles. The van der Waals surface area contributed by atoms with E-state index in [1.54, 1.807) is 6.20 Å². The Labute approximate surface area is 154 Å². The quantitative estimate of drug-likeness (QED) is 0.921. The topological polar surface area (TPSA) is 61.5 Å². The Balaban J connectivity index is 1.61. The van der Waals surface area contributed by atoms with E-state index in [9.17, 15) is 4.79 Å². The van der Waals surface area contributed by atoms with Crippen molar-refractivity contribution < 1.29 is 9.53 Å². The molecule has 0 unspecified atom stereocenters. The van der Waals surface area contributed by atoms with Crippen LogP contribution in [0.1, 0.15) is 47.8 Å². The van der Waals surface area contributed by atoms with Crippen LogP contribution in [0.25, 0.3) is 0 Å². The maximum Gasteiger partial charge on any atom is 0.257 e. The van der Waals surface area contributed by atoms with Crippen LogP contribution in [0.2, 0.25) is 0 Å². The maximum absolute atomic E-state index is 13.3. The van der Waals surface area contributed by atoms with Gasteiger partial charge in [0, 0.05) is 43.9 Å². The zero-order valence-electron chi connectivity index (χ0n) is 15.4. The van der Waals surface area contributed by atoms with Crippen LogP contribution in [0, 0.1) is 0 Å². The zero-order valence-corrected chi connectivity index (χ0v) is 15.4. The summed E-state index contributed by atoms with van der Waals surface area (Å²) in [5.74, 6) is 0.295. The van der Waals surface area contributed by atoms with Crippen LogP contribution in [0.5, 0.6) is 0 Å². The van der Waals surface area contributed by atoms with Crippen molar-refractivity contribution >= 4 is 11.6 Å². The SMILES string of the molecule is CC(C)N1CCN(C(=O)c2cn[nH]c2[C@@H]2CCOC2)Cc2ccccc21. The van der Waals surface area contributed by atoms with Crippen molar-refractivity contribution in [2.45, 2.75) is 38.8 Å². The predicted octanol–water partition coefficient (Wildman–Crippen LogP) is 2.78. The molecular weight excluding hydrogens is 328 g/mol. The summed E-state index contributed by atoms with van der Waals surface area (Å²) < 4.78 is 5.49. The summed E-state index contributed by atoms with van der Waals surface area (Å²) in [6, 6.07) is 8.79. The summed E-state index contributed by atoms with van der Waals surface area (Å²) >= 11 is 0. The first kappa shape index (κ1) is 17.1. The van der Waals surface area contributed by atoms with Gasteiger partial charge in [0.05, 0.1) is 24.1 Å². The average Bonchev–Trinajstić information content (AvgIpc) is 3.28. The van der Waals surface area contributed by atoms with E-state index in [0.29, 0.717) is 31.3 Å². The van der Waals surface area contributed by atoms with Crippen LogP contribution in [0.3, 0.4) is 0 Å². The Bertz CT molecular complexity index is 780. The van der Waals surface area contributed by atoms with Gasteiger partial charge in [-0.3, -0.25) is 9.89 Å². The second-order valence-corrected chi connectivity index (χ2v) is 7.40. The number of nitrogens with one attached hydrogen (secondary N) is 1. The fourth-order valence-corrected chi connectivity index (χ4v) is 3.98. The Hall–Kier alpha value is -2.34. The molecule has 26 heavy (non-hydrogen) atoms. The number of hydrogen-bond donors (Lipinski definition) is 1. The number of fused-ring (bicyclic) bond motifs is 1. The van der Waals surface area contributed by atoms with Crippen LogP contribution in [-0.4, -0.2) is 53.3 Å². The number of aromatic amines is 1. The van der Waals surface area contributed by atoms with Crippen LogP contribution >= 0.6 is 0 Å². The Morgan fingerprint density at radius 1 is 1.31 bits per heavy atom. The lowest BCUT2D eigenvalue weighted by atomic mass is 10.0. The van der Waals surface area contributed by atoms with Gasteiger partial charge in [-0.25, -0.2) is 0 Å². The number of carbonyl (C=O) groups excluding carboxylic acids is 1. The zero-order chi connectivity index (χ0) is 18.1. The average molecular weight is 354 g/mol. The Kier molecular flexibility index (Phi) is 4.68. The number of amides is 1. The number of benzene rings is 1. The fourth-order valence-electron chi connectivity index (χ4n) is 3.98. The first-order valence-electron chi connectivity index (χ1n) is 9.40. The van der Waals surface area contributed by atoms with Crippen molar-refractivity contribution in [3.05, 3.63) is 47.3 Å². The lowest BCUT2D eigenvalue weighted by molar-refractivity contribution is 0.0749. The molecule has 2 aliphatic rings. The number of H-pyrrole nitrogens is 1. The van der Waals surface area contributed by atoms with Crippen LogP contribution in [0.4, 0.5) is 5.69 Å². The van der Waals surface area contributed by atoms with Gasteiger partial charge in [0.2, 0.25) is 0 Å². The maximum atomic E-state index is 13.3. The summed E-state index contributed by atoms with van der Waals surface area (Å²) in [5.41, 5.74) is 4.04. The molecule has 0 spiro atoms. The van der Waals surface area contributed by atoms with Crippen molar-refractivity contribution in [2.24, 2.45) is 0 Å². The lowest BCUT2D eigenvalue weighted by Crippen LogP contribution is -2.38. The van der Waals surface area contributed by atoms with Crippen molar-refractivity contribution in [1.82, 2.24) is 15.1 Å².